The molecule has 0 spiro atoms. The average Bonchev–Trinajstić information content (AvgIpc) is 2.25. The Labute approximate surface area is 101 Å². The summed E-state index contributed by atoms with van der Waals surface area (Å²) in [6, 6.07) is 7.17. The van der Waals surface area contributed by atoms with Gasteiger partial charge in [-0.15, -0.1) is 0 Å². The van der Waals surface area contributed by atoms with E-state index < -0.39 is 0 Å². The van der Waals surface area contributed by atoms with Crippen LogP contribution in [0.2, 0.25) is 5.02 Å². The summed E-state index contributed by atoms with van der Waals surface area (Å²) in [4.78, 5) is 11.3. The highest BCUT2D eigenvalue weighted by molar-refractivity contribution is 6.30. The van der Waals surface area contributed by atoms with Crippen LogP contribution in [0.1, 0.15) is 13.8 Å². The fourth-order valence-electron chi connectivity index (χ4n) is 1.05. The molecule has 16 heavy (non-hydrogen) atoms. The number of nitrogens with one attached hydrogen (secondary N) is 1. The van der Waals surface area contributed by atoms with E-state index >= 15 is 0 Å². The number of rotatable bonds is 5. The molecule has 88 valence electrons. The van der Waals surface area contributed by atoms with E-state index in [1.807, 2.05) is 26.0 Å². The quantitative estimate of drug-likeness (QED) is 0.806. The highest BCUT2D eigenvalue weighted by atomic mass is 35.5. The van der Waals surface area contributed by atoms with Crippen LogP contribution in [0, 0.1) is 5.92 Å². The van der Waals surface area contributed by atoms with Crippen molar-refractivity contribution in [2.45, 2.75) is 13.8 Å². The van der Waals surface area contributed by atoms with E-state index in [1.54, 1.807) is 12.1 Å². The lowest BCUT2D eigenvalue weighted by atomic mass is 10.2. The van der Waals surface area contributed by atoms with Crippen LogP contribution in [0.5, 0.6) is 0 Å². The van der Waals surface area contributed by atoms with E-state index in [9.17, 15) is 4.79 Å². The highest BCUT2D eigenvalue weighted by Crippen LogP contribution is 2.12. The molecular formula is C12H16ClNO2. The van der Waals surface area contributed by atoms with Crippen LogP contribution in [-0.2, 0) is 9.53 Å². The second-order valence-electron chi connectivity index (χ2n) is 3.94. The van der Waals surface area contributed by atoms with Crippen molar-refractivity contribution in [1.82, 2.24) is 0 Å². The van der Waals surface area contributed by atoms with Crippen molar-refractivity contribution in [3.05, 3.63) is 29.3 Å². The molecule has 0 radical (unpaired) electrons. The van der Waals surface area contributed by atoms with Crippen molar-refractivity contribution in [3.63, 3.8) is 0 Å². The number of ether oxygens (including phenoxy) is 1. The summed E-state index contributed by atoms with van der Waals surface area (Å²) in [6.07, 6.45) is 0. The molecule has 0 bridgehead atoms. The van der Waals surface area contributed by atoms with Gasteiger partial charge in [0.2, 0.25) is 0 Å². The summed E-state index contributed by atoms with van der Waals surface area (Å²) in [5, 5.41) is 3.64. The SMILES string of the molecule is CC(C)COC(=O)CNc1ccc(Cl)cc1. The second kappa shape index (κ2) is 6.38. The van der Waals surface area contributed by atoms with Crippen LogP contribution in [-0.4, -0.2) is 19.1 Å². The molecule has 1 N–H and O–H groups in total. The molecule has 0 aliphatic carbocycles. The number of hydrogen-bond acceptors (Lipinski definition) is 3. The van der Waals surface area contributed by atoms with E-state index in [4.69, 9.17) is 16.3 Å². The first-order valence-corrected chi connectivity index (χ1v) is 5.61. The van der Waals surface area contributed by atoms with Crippen molar-refractivity contribution in [2.24, 2.45) is 5.92 Å². The number of halogens is 1. The van der Waals surface area contributed by atoms with Gasteiger partial charge in [-0.2, -0.15) is 0 Å². The van der Waals surface area contributed by atoms with Gasteiger partial charge in [-0.1, -0.05) is 25.4 Å². The maximum absolute atomic E-state index is 11.3. The largest absolute Gasteiger partial charge is 0.464 e. The first-order valence-electron chi connectivity index (χ1n) is 5.23. The minimum Gasteiger partial charge on any atom is -0.464 e. The Morgan fingerprint density at radius 1 is 1.38 bits per heavy atom. The predicted octanol–water partition coefficient (Wildman–Crippen LogP) is 2.95. The van der Waals surface area contributed by atoms with Crippen molar-refractivity contribution >= 4 is 23.3 Å². The molecule has 0 saturated carbocycles. The molecule has 0 heterocycles. The maximum atomic E-state index is 11.3. The number of carbonyl (C=O) groups excluding carboxylic acids is 1. The summed E-state index contributed by atoms with van der Waals surface area (Å²) in [7, 11) is 0. The number of carbonyl (C=O) groups is 1. The van der Waals surface area contributed by atoms with Crippen LogP contribution in [0.25, 0.3) is 0 Å². The number of esters is 1. The van der Waals surface area contributed by atoms with Gasteiger partial charge in [0.15, 0.2) is 0 Å². The number of benzene rings is 1. The van der Waals surface area contributed by atoms with E-state index in [0.717, 1.165) is 5.69 Å². The topological polar surface area (TPSA) is 38.3 Å². The Hall–Kier alpha value is -1.22. The third kappa shape index (κ3) is 5.03. The van der Waals surface area contributed by atoms with Gasteiger partial charge in [-0.05, 0) is 30.2 Å². The Morgan fingerprint density at radius 2 is 2.00 bits per heavy atom. The lowest BCUT2D eigenvalue weighted by Gasteiger charge is -2.08. The molecule has 1 aromatic rings. The molecule has 0 atom stereocenters. The Bertz CT molecular complexity index is 335. The second-order valence-corrected chi connectivity index (χ2v) is 4.37. The molecule has 1 rings (SSSR count). The molecule has 3 nitrogen and oxygen atoms in total. The fraction of sp³-hybridized carbons (Fsp3) is 0.417. The molecule has 0 aliphatic heterocycles. The Balaban J connectivity index is 2.29. The summed E-state index contributed by atoms with van der Waals surface area (Å²) >= 11 is 5.74. The molecule has 0 aromatic heterocycles. The zero-order valence-electron chi connectivity index (χ0n) is 9.50. The molecule has 0 amide bonds. The van der Waals surface area contributed by atoms with Crippen LogP contribution in [0.4, 0.5) is 5.69 Å². The molecule has 4 heteroatoms. The van der Waals surface area contributed by atoms with Gasteiger partial charge < -0.3 is 10.1 Å². The van der Waals surface area contributed by atoms with Crippen molar-refractivity contribution in [2.75, 3.05) is 18.5 Å². The molecular weight excluding hydrogens is 226 g/mol. The van der Waals surface area contributed by atoms with Gasteiger partial charge in [0.25, 0.3) is 0 Å². The Kier molecular flexibility index (Phi) is 5.12. The van der Waals surface area contributed by atoms with Crippen molar-refractivity contribution in [3.8, 4) is 0 Å². The average molecular weight is 242 g/mol. The van der Waals surface area contributed by atoms with E-state index in [1.165, 1.54) is 0 Å². The van der Waals surface area contributed by atoms with Crippen LogP contribution in [0.15, 0.2) is 24.3 Å². The van der Waals surface area contributed by atoms with Gasteiger partial charge in [-0.3, -0.25) is 4.79 Å². The number of hydrogen-bond donors (Lipinski definition) is 1. The third-order valence-corrected chi connectivity index (χ3v) is 2.11. The van der Waals surface area contributed by atoms with Crippen LogP contribution >= 0.6 is 11.6 Å². The molecule has 0 aliphatic rings. The normalized spacial score (nSPS) is 10.2. The van der Waals surface area contributed by atoms with Crippen molar-refractivity contribution < 1.29 is 9.53 Å². The van der Waals surface area contributed by atoms with Crippen LogP contribution in [0.3, 0.4) is 0 Å². The smallest absolute Gasteiger partial charge is 0.325 e. The molecule has 0 fully saturated rings. The standard InChI is InChI=1S/C12H16ClNO2/c1-9(2)8-16-12(15)7-14-11-5-3-10(13)4-6-11/h3-6,9,14H,7-8H2,1-2H3. The monoisotopic (exact) mass is 241 g/mol. The first kappa shape index (κ1) is 12.8. The zero-order chi connectivity index (χ0) is 12.0. The van der Waals surface area contributed by atoms with Gasteiger partial charge in [0.1, 0.15) is 6.54 Å². The van der Waals surface area contributed by atoms with E-state index in [0.29, 0.717) is 17.5 Å². The maximum Gasteiger partial charge on any atom is 0.325 e. The van der Waals surface area contributed by atoms with Gasteiger partial charge >= 0.3 is 5.97 Å². The lowest BCUT2D eigenvalue weighted by molar-refractivity contribution is -0.142. The summed E-state index contributed by atoms with van der Waals surface area (Å²) in [5.74, 6) is 0.114. The van der Waals surface area contributed by atoms with Gasteiger partial charge in [0.05, 0.1) is 6.61 Å². The minimum atomic E-state index is -0.247. The summed E-state index contributed by atoms with van der Waals surface area (Å²) in [6.45, 7) is 4.63. The van der Waals surface area contributed by atoms with E-state index in [-0.39, 0.29) is 12.5 Å². The molecule has 0 saturated heterocycles. The fourth-order valence-corrected chi connectivity index (χ4v) is 1.18. The molecule has 1 aromatic carbocycles. The first-order chi connectivity index (χ1) is 7.58. The summed E-state index contributed by atoms with van der Waals surface area (Å²) < 4.78 is 5.02. The molecule has 0 unspecified atom stereocenters. The third-order valence-electron chi connectivity index (χ3n) is 1.86. The van der Waals surface area contributed by atoms with Gasteiger partial charge in [0, 0.05) is 10.7 Å². The predicted molar refractivity (Wildman–Crippen MR) is 65.7 cm³/mol. The lowest BCUT2D eigenvalue weighted by Crippen LogP contribution is -2.18. The van der Waals surface area contributed by atoms with Crippen molar-refractivity contribution in [1.29, 1.82) is 0 Å². The Morgan fingerprint density at radius 3 is 2.56 bits per heavy atom. The number of anilines is 1. The zero-order valence-corrected chi connectivity index (χ0v) is 10.3. The van der Waals surface area contributed by atoms with Crippen LogP contribution < -0.4 is 5.32 Å². The summed E-state index contributed by atoms with van der Waals surface area (Å²) in [5.41, 5.74) is 0.853. The van der Waals surface area contributed by atoms with Gasteiger partial charge in [-0.25, -0.2) is 0 Å². The van der Waals surface area contributed by atoms with E-state index in [2.05, 4.69) is 5.32 Å². The highest BCUT2D eigenvalue weighted by Gasteiger charge is 2.03. The minimum absolute atomic E-state index is 0.175.